The van der Waals surface area contributed by atoms with Crippen molar-refractivity contribution in [2.75, 3.05) is 13.1 Å². The summed E-state index contributed by atoms with van der Waals surface area (Å²) in [6, 6.07) is 8.94. The molecular formula is C22H28N4O4. The number of benzene rings is 1. The van der Waals surface area contributed by atoms with Crippen molar-refractivity contribution in [1.82, 2.24) is 20.7 Å². The van der Waals surface area contributed by atoms with E-state index in [0.717, 1.165) is 29.8 Å². The predicted octanol–water partition coefficient (Wildman–Crippen LogP) is 1.75. The fourth-order valence-corrected chi connectivity index (χ4v) is 4.72. The molecule has 30 heavy (non-hydrogen) atoms. The van der Waals surface area contributed by atoms with E-state index in [1.165, 1.54) is 0 Å². The normalized spacial score (nSPS) is 23.4. The average molecular weight is 412 g/mol. The third-order valence-corrected chi connectivity index (χ3v) is 6.43. The summed E-state index contributed by atoms with van der Waals surface area (Å²) in [6.07, 6.45) is 5.66. The van der Waals surface area contributed by atoms with E-state index in [9.17, 15) is 19.2 Å². The summed E-state index contributed by atoms with van der Waals surface area (Å²) in [7, 11) is 0. The Hall–Kier alpha value is -2.90. The quantitative estimate of drug-likeness (QED) is 0.736. The molecule has 1 aromatic rings. The summed E-state index contributed by atoms with van der Waals surface area (Å²) in [6.45, 7) is 0.911. The van der Waals surface area contributed by atoms with Crippen molar-refractivity contribution in [2.45, 2.75) is 56.9 Å². The number of imide groups is 1. The van der Waals surface area contributed by atoms with Crippen LogP contribution in [0, 0.1) is 5.92 Å². The van der Waals surface area contributed by atoms with Gasteiger partial charge < -0.3 is 10.2 Å². The van der Waals surface area contributed by atoms with Gasteiger partial charge in [0.1, 0.15) is 5.54 Å². The summed E-state index contributed by atoms with van der Waals surface area (Å²) < 4.78 is 0. The van der Waals surface area contributed by atoms with E-state index in [2.05, 4.69) is 10.7 Å². The second-order valence-electron chi connectivity index (χ2n) is 8.53. The maximum atomic E-state index is 12.9. The third kappa shape index (κ3) is 4.04. The minimum atomic E-state index is -0.868. The fraction of sp³-hybridized carbons (Fsp3) is 0.545. The van der Waals surface area contributed by atoms with E-state index >= 15 is 0 Å². The Morgan fingerprint density at radius 1 is 1.07 bits per heavy atom. The molecule has 160 valence electrons. The summed E-state index contributed by atoms with van der Waals surface area (Å²) >= 11 is 0. The highest BCUT2D eigenvalue weighted by Gasteiger charge is 2.52. The molecule has 1 aliphatic carbocycles. The van der Waals surface area contributed by atoms with E-state index < -0.39 is 17.5 Å². The van der Waals surface area contributed by atoms with Crippen molar-refractivity contribution < 1.29 is 19.2 Å². The number of likely N-dealkylation sites (tertiary alicyclic amines) is 1. The lowest BCUT2D eigenvalue weighted by Crippen LogP contribution is -2.54. The molecule has 0 bridgehead atoms. The minimum Gasteiger partial charge on any atom is -0.342 e. The Kier molecular flexibility index (Phi) is 5.74. The van der Waals surface area contributed by atoms with Crippen LogP contribution < -0.4 is 10.7 Å². The number of hydrazine groups is 1. The number of nitrogens with one attached hydrogen (secondary N) is 2. The lowest BCUT2D eigenvalue weighted by molar-refractivity contribution is -0.143. The highest BCUT2D eigenvalue weighted by atomic mass is 16.2. The molecule has 2 aliphatic heterocycles. The van der Waals surface area contributed by atoms with Gasteiger partial charge in [0, 0.05) is 13.1 Å². The van der Waals surface area contributed by atoms with Crippen LogP contribution in [0.15, 0.2) is 30.3 Å². The number of nitrogens with zero attached hydrogens (tertiary/aromatic N) is 2. The number of piperidine rings is 1. The number of carbonyl (C=O) groups is 4. The molecule has 1 unspecified atom stereocenters. The van der Waals surface area contributed by atoms with Crippen molar-refractivity contribution in [3.05, 3.63) is 35.9 Å². The Labute approximate surface area is 175 Å². The first kappa shape index (κ1) is 20.4. The molecule has 0 aromatic heterocycles. The molecule has 2 heterocycles. The largest absolute Gasteiger partial charge is 0.344 e. The maximum absolute atomic E-state index is 12.9. The standard InChI is InChI=1S/C22H28N4O4/c27-18(14-16-8-3-1-4-9-16)25-13-7-10-17(15-25)19(28)24-26-20(29)22(23-21(26)30)11-5-2-6-12-22/h1,3-4,8-9,17H,2,5-7,10-15H2,(H,23,30)(H,24,28). The van der Waals surface area contributed by atoms with E-state index in [-0.39, 0.29) is 17.7 Å². The van der Waals surface area contributed by atoms with Gasteiger partial charge in [-0.2, -0.15) is 5.01 Å². The Balaban J connectivity index is 1.36. The number of rotatable bonds is 4. The van der Waals surface area contributed by atoms with Crippen LogP contribution in [0.4, 0.5) is 4.79 Å². The first-order valence-corrected chi connectivity index (χ1v) is 10.8. The third-order valence-electron chi connectivity index (χ3n) is 6.43. The summed E-state index contributed by atoms with van der Waals surface area (Å²) in [4.78, 5) is 52.4. The molecule has 0 radical (unpaired) electrons. The summed E-state index contributed by atoms with van der Waals surface area (Å²) in [5.74, 6) is -1.21. The molecule has 3 fully saturated rings. The van der Waals surface area contributed by atoms with Gasteiger partial charge in [0.25, 0.3) is 5.91 Å². The van der Waals surface area contributed by atoms with Crippen molar-refractivity contribution in [3.8, 4) is 0 Å². The Bertz CT molecular complexity index is 835. The van der Waals surface area contributed by atoms with Gasteiger partial charge in [0.2, 0.25) is 11.8 Å². The summed E-state index contributed by atoms with van der Waals surface area (Å²) in [5.41, 5.74) is 2.59. The van der Waals surface area contributed by atoms with Crippen LogP contribution in [0.3, 0.4) is 0 Å². The highest BCUT2D eigenvalue weighted by Crippen LogP contribution is 2.33. The zero-order valence-corrected chi connectivity index (χ0v) is 17.1. The SMILES string of the molecule is O=C(NN1C(=O)NC2(CCCCC2)C1=O)C1CCCN(C(=O)Cc2ccccc2)C1. The molecule has 4 rings (SSSR count). The molecule has 1 spiro atoms. The van der Waals surface area contributed by atoms with E-state index in [1.807, 2.05) is 30.3 Å². The van der Waals surface area contributed by atoms with Crippen LogP contribution in [-0.2, 0) is 20.8 Å². The molecular weight excluding hydrogens is 384 g/mol. The first-order valence-electron chi connectivity index (χ1n) is 10.8. The average Bonchev–Trinajstić information content (AvgIpc) is 2.98. The maximum Gasteiger partial charge on any atom is 0.344 e. The second kappa shape index (κ2) is 8.45. The zero-order chi connectivity index (χ0) is 21.1. The monoisotopic (exact) mass is 412 g/mol. The number of amides is 5. The minimum absolute atomic E-state index is 0.0187. The van der Waals surface area contributed by atoms with Crippen LogP contribution in [0.1, 0.15) is 50.5 Å². The van der Waals surface area contributed by atoms with Crippen LogP contribution in [0.5, 0.6) is 0 Å². The Morgan fingerprint density at radius 3 is 2.53 bits per heavy atom. The number of hydrogen-bond acceptors (Lipinski definition) is 4. The number of hydrogen-bond donors (Lipinski definition) is 2. The van der Waals surface area contributed by atoms with Crippen molar-refractivity contribution >= 4 is 23.8 Å². The van der Waals surface area contributed by atoms with E-state index in [4.69, 9.17) is 0 Å². The van der Waals surface area contributed by atoms with Crippen molar-refractivity contribution in [2.24, 2.45) is 5.92 Å². The van der Waals surface area contributed by atoms with E-state index in [0.29, 0.717) is 45.2 Å². The first-order chi connectivity index (χ1) is 14.5. The predicted molar refractivity (Wildman–Crippen MR) is 109 cm³/mol. The number of urea groups is 1. The van der Waals surface area contributed by atoms with Crippen LogP contribution in [0.25, 0.3) is 0 Å². The Morgan fingerprint density at radius 2 is 1.80 bits per heavy atom. The van der Waals surface area contributed by atoms with Gasteiger partial charge in [-0.15, -0.1) is 0 Å². The lowest BCUT2D eigenvalue weighted by Gasteiger charge is -2.33. The van der Waals surface area contributed by atoms with Crippen LogP contribution in [-0.4, -0.2) is 52.3 Å². The van der Waals surface area contributed by atoms with Crippen LogP contribution >= 0.6 is 0 Å². The van der Waals surface area contributed by atoms with Gasteiger partial charge in [-0.3, -0.25) is 19.8 Å². The van der Waals surface area contributed by atoms with Gasteiger partial charge in [0.15, 0.2) is 0 Å². The van der Waals surface area contributed by atoms with Crippen LogP contribution in [0.2, 0.25) is 0 Å². The molecule has 2 N–H and O–H groups in total. The molecule has 1 saturated carbocycles. The second-order valence-corrected chi connectivity index (χ2v) is 8.53. The van der Waals surface area contributed by atoms with Gasteiger partial charge >= 0.3 is 6.03 Å². The summed E-state index contributed by atoms with van der Waals surface area (Å²) in [5, 5.41) is 3.64. The molecule has 3 aliphatic rings. The molecule has 2 saturated heterocycles. The molecule has 8 heteroatoms. The highest BCUT2D eigenvalue weighted by molar-refractivity contribution is 6.08. The topological polar surface area (TPSA) is 98.8 Å². The van der Waals surface area contributed by atoms with Gasteiger partial charge in [-0.25, -0.2) is 4.79 Å². The number of carbonyl (C=O) groups excluding carboxylic acids is 4. The molecule has 8 nitrogen and oxygen atoms in total. The van der Waals surface area contributed by atoms with Crippen molar-refractivity contribution in [1.29, 1.82) is 0 Å². The zero-order valence-electron chi connectivity index (χ0n) is 17.1. The fourth-order valence-electron chi connectivity index (χ4n) is 4.72. The van der Waals surface area contributed by atoms with E-state index in [1.54, 1.807) is 4.90 Å². The smallest absolute Gasteiger partial charge is 0.342 e. The lowest BCUT2D eigenvalue weighted by atomic mass is 9.82. The van der Waals surface area contributed by atoms with Gasteiger partial charge in [-0.1, -0.05) is 49.6 Å². The molecule has 1 aromatic carbocycles. The van der Waals surface area contributed by atoms with Gasteiger partial charge in [0.05, 0.1) is 12.3 Å². The molecule has 5 amide bonds. The van der Waals surface area contributed by atoms with Crippen molar-refractivity contribution in [3.63, 3.8) is 0 Å². The van der Waals surface area contributed by atoms with Gasteiger partial charge in [-0.05, 0) is 31.2 Å². The molecule has 1 atom stereocenters.